The SMILES string of the molecule is C[C@@H](NC(=O)C(N)Cn1ncnn1)[C@H]1C(=O)N2C(C(=O)O)=C(S[C@@H]3CN[C@H](C(=O)N(C)C)C3)[C@H](C)[C@H]12. The van der Waals surface area contributed by atoms with E-state index in [9.17, 15) is 24.3 Å². The van der Waals surface area contributed by atoms with Gasteiger partial charge in [-0.05, 0) is 18.6 Å². The summed E-state index contributed by atoms with van der Waals surface area (Å²) in [7, 11) is 3.40. The monoisotopic (exact) mass is 521 g/mol. The van der Waals surface area contributed by atoms with E-state index in [1.54, 1.807) is 21.0 Å². The second-order valence-corrected chi connectivity index (χ2v) is 10.9. The second-order valence-electron chi connectivity index (χ2n) is 9.59. The van der Waals surface area contributed by atoms with Crippen molar-refractivity contribution in [2.45, 2.75) is 56.2 Å². The van der Waals surface area contributed by atoms with Crippen LogP contribution in [0.2, 0.25) is 0 Å². The van der Waals surface area contributed by atoms with E-state index < -0.39 is 29.9 Å². The van der Waals surface area contributed by atoms with Crippen LogP contribution in [0.15, 0.2) is 16.9 Å². The molecule has 5 N–H and O–H groups in total. The number of aliphatic carboxylic acids is 1. The van der Waals surface area contributed by atoms with Crippen molar-refractivity contribution in [2.75, 3.05) is 20.6 Å². The van der Waals surface area contributed by atoms with Gasteiger partial charge in [0.2, 0.25) is 17.7 Å². The summed E-state index contributed by atoms with van der Waals surface area (Å²) in [5, 5.41) is 27.0. The summed E-state index contributed by atoms with van der Waals surface area (Å²) < 4.78 is 0. The largest absolute Gasteiger partial charge is 0.477 e. The number of amides is 3. The van der Waals surface area contributed by atoms with E-state index in [0.29, 0.717) is 17.9 Å². The number of likely N-dealkylation sites (N-methyl/N-ethyl adjacent to an activating group) is 1. The van der Waals surface area contributed by atoms with Gasteiger partial charge in [-0.3, -0.25) is 14.4 Å². The number of hydrogen-bond donors (Lipinski definition) is 4. The Kier molecular flexibility index (Phi) is 7.33. The molecule has 0 aromatic carbocycles. The van der Waals surface area contributed by atoms with Crippen LogP contribution in [-0.2, 0) is 25.7 Å². The third-order valence-corrected chi connectivity index (χ3v) is 8.42. The van der Waals surface area contributed by atoms with Gasteiger partial charge in [0.25, 0.3) is 0 Å². The zero-order valence-electron chi connectivity index (χ0n) is 20.5. The van der Waals surface area contributed by atoms with Crippen LogP contribution >= 0.6 is 11.8 Å². The number of nitrogens with one attached hydrogen (secondary N) is 2. The molecule has 0 radical (unpaired) electrons. The van der Waals surface area contributed by atoms with Crippen LogP contribution in [-0.4, -0.2) is 109 Å². The summed E-state index contributed by atoms with van der Waals surface area (Å²) in [6.45, 7) is 4.21. The molecule has 0 bridgehead atoms. The van der Waals surface area contributed by atoms with Gasteiger partial charge in [-0.15, -0.1) is 22.0 Å². The van der Waals surface area contributed by atoms with Gasteiger partial charge in [-0.1, -0.05) is 6.92 Å². The van der Waals surface area contributed by atoms with Gasteiger partial charge in [0.1, 0.15) is 11.7 Å². The lowest BCUT2D eigenvalue weighted by Gasteiger charge is -2.47. The molecule has 36 heavy (non-hydrogen) atoms. The Balaban J connectivity index is 1.42. The molecule has 196 valence electrons. The smallest absolute Gasteiger partial charge is 0.353 e. The number of hydrogen-bond acceptors (Lipinski definition) is 10. The molecule has 1 aromatic heterocycles. The predicted molar refractivity (Wildman–Crippen MR) is 128 cm³/mol. The minimum Gasteiger partial charge on any atom is -0.477 e. The number of carbonyl (C=O) groups excluding carboxylic acids is 3. The Labute approximate surface area is 212 Å². The van der Waals surface area contributed by atoms with Crippen LogP contribution in [0.25, 0.3) is 0 Å². The fraction of sp³-hybridized carbons (Fsp3) is 0.667. The first-order valence-corrected chi connectivity index (χ1v) is 12.6. The quantitative estimate of drug-likeness (QED) is 0.259. The summed E-state index contributed by atoms with van der Waals surface area (Å²) in [5.74, 6) is -2.82. The number of nitrogens with zero attached hydrogens (tertiary/aromatic N) is 6. The van der Waals surface area contributed by atoms with Crippen molar-refractivity contribution in [3.05, 3.63) is 16.9 Å². The van der Waals surface area contributed by atoms with Gasteiger partial charge >= 0.3 is 5.97 Å². The minimum atomic E-state index is -1.16. The van der Waals surface area contributed by atoms with Crippen molar-refractivity contribution in [1.29, 1.82) is 0 Å². The maximum absolute atomic E-state index is 13.1. The van der Waals surface area contributed by atoms with Gasteiger partial charge in [0, 0.05) is 42.8 Å². The number of carboxylic acid groups (broad SMARTS) is 1. The number of β-lactam (4-membered cyclic amide) rings is 1. The lowest BCUT2D eigenvalue weighted by molar-refractivity contribution is -0.158. The van der Waals surface area contributed by atoms with Crippen molar-refractivity contribution in [2.24, 2.45) is 17.6 Å². The molecule has 3 aliphatic heterocycles. The van der Waals surface area contributed by atoms with E-state index in [1.807, 2.05) is 6.92 Å². The Hall–Kier alpha value is -3.04. The van der Waals surface area contributed by atoms with Crippen LogP contribution in [0.1, 0.15) is 20.3 Å². The molecule has 0 aliphatic carbocycles. The lowest BCUT2D eigenvalue weighted by atomic mass is 9.78. The average Bonchev–Trinajstić information content (AvgIpc) is 3.54. The van der Waals surface area contributed by atoms with Crippen LogP contribution in [0.5, 0.6) is 0 Å². The summed E-state index contributed by atoms with van der Waals surface area (Å²) >= 11 is 1.42. The summed E-state index contributed by atoms with van der Waals surface area (Å²) in [6.07, 6.45) is 1.80. The number of carboxylic acids is 1. The first-order chi connectivity index (χ1) is 17.0. The van der Waals surface area contributed by atoms with E-state index in [4.69, 9.17) is 5.73 Å². The summed E-state index contributed by atoms with van der Waals surface area (Å²) in [4.78, 5) is 54.9. The Morgan fingerprint density at radius 2 is 2.11 bits per heavy atom. The molecule has 0 saturated carbocycles. The molecular formula is C21H31N9O5S. The first kappa shape index (κ1) is 26.0. The van der Waals surface area contributed by atoms with E-state index >= 15 is 0 Å². The van der Waals surface area contributed by atoms with Gasteiger partial charge in [0.05, 0.1) is 24.5 Å². The number of aromatic nitrogens is 4. The molecule has 1 aromatic rings. The molecule has 7 atom stereocenters. The van der Waals surface area contributed by atoms with Crippen LogP contribution in [0.4, 0.5) is 0 Å². The predicted octanol–water partition coefficient (Wildman–Crippen LogP) is -2.17. The zero-order valence-corrected chi connectivity index (χ0v) is 21.3. The maximum Gasteiger partial charge on any atom is 0.353 e. The number of fused-ring (bicyclic) bond motifs is 1. The number of carbonyl (C=O) groups is 4. The topological polar surface area (TPSA) is 189 Å². The Bertz CT molecular complexity index is 1080. The molecule has 4 heterocycles. The van der Waals surface area contributed by atoms with E-state index in [2.05, 4.69) is 26.0 Å². The second kappa shape index (κ2) is 10.1. The van der Waals surface area contributed by atoms with E-state index in [1.165, 1.54) is 32.7 Å². The van der Waals surface area contributed by atoms with Crippen molar-refractivity contribution in [3.8, 4) is 0 Å². The number of rotatable bonds is 9. The summed E-state index contributed by atoms with van der Waals surface area (Å²) in [5.41, 5.74) is 5.95. The van der Waals surface area contributed by atoms with Crippen molar-refractivity contribution in [3.63, 3.8) is 0 Å². The maximum atomic E-state index is 13.1. The molecule has 3 amide bonds. The molecular weight excluding hydrogens is 490 g/mol. The highest BCUT2D eigenvalue weighted by Crippen LogP contribution is 2.51. The molecule has 2 fully saturated rings. The van der Waals surface area contributed by atoms with Crippen molar-refractivity contribution < 1.29 is 24.3 Å². The Morgan fingerprint density at radius 3 is 2.72 bits per heavy atom. The highest BCUT2D eigenvalue weighted by Gasteiger charge is 2.60. The molecule has 2 saturated heterocycles. The zero-order chi connectivity index (χ0) is 26.3. The normalized spacial score (nSPS) is 29.0. The summed E-state index contributed by atoms with van der Waals surface area (Å²) in [6, 6.07) is -2.21. The molecule has 0 spiro atoms. The van der Waals surface area contributed by atoms with Crippen molar-refractivity contribution >= 4 is 35.5 Å². The van der Waals surface area contributed by atoms with Gasteiger partial charge in [-0.25, -0.2) is 4.79 Å². The fourth-order valence-corrected chi connectivity index (χ4v) is 6.60. The average molecular weight is 522 g/mol. The lowest BCUT2D eigenvalue weighted by Crippen LogP contribution is -2.66. The van der Waals surface area contributed by atoms with E-state index in [-0.39, 0.29) is 47.3 Å². The third kappa shape index (κ3) is 4.69. The molecule has 3 aliphatic rings. The first-order valence-electron chi connectivity index (χ1n) is 11.7. The van der Waals surface area contributed by atoms with Crippen LogP contribution in [0, 0.1) is 11.8 Å². The fourth-order valence-electron chi connectivity index (χ4n) is 5.12. The number of tetrazole rings is 1. The van der Waals surface area contributed by atoms with Gasteiger partial charge in [-0.2, -0.15) is 4.80 Å². The highest BCUT2D eigenvalue weighted by molar-refractivity contribution is 8.03. The minimum absolute atomic E-state index is 0.00141. The molecule has 1 unspecified atom stereocenters. The van der Waals surface area contributed by atoms with Crippen LogP contribution < -0.4 is 16.4 Å². The number of nitrogens with two attached hydrogens (primary N) is 1. The molecule has 15 heteroatoms. The molecule has 4 rings (SSSR count). The van der Waals surface area contributed by atoms with Gasteiger partial charge in [0.15, 0.2) is 6.33 Å². The Morgan fingerprint density at radius 1 is 1.39 bits per heavy atom. The standard InChI is InChI=1S/C21H31N9O5S/c1-9-15-14(10(2)26-18(31)12(22)7-29-25-8-24-27-29)20(33)30(15)16(21(34)35)17(9)36-11-5-13(23-6-11)19(32)28(3)4/h8-15,23H,5-7,22H2,1-4H3,(H,26,31)(H,34,35)/t9-,10-,11+,12?,13+,14-,15-/m1/s1. The highest BCUT2D eigenvalue weighted by atomic mass is 32.2. The van der Waals surface area contributed by atoms with Crippen LogP contribution in [0.3, 0.4) is 0 Å². The van der Waals surface area contributed by atoms with E-state index in [0.717, 1.165) is 0 Å². The third-order valence-electron chi connectivity index (χ3n) is 6.91. The number of thioether (sulfide) groups is 1. The van der Waals surface area contributed by atoms with Crippen molar-refractivity contribution in [1.82, 2.24) is 40.6 Å². The van der Waals surface area contributed by atoms with Gasteiger partial charge < -0.3 is 31.3 Å². The molecule has 14 nitrogen and oxygen atoms in total.